The lowest BCUT2D eigenvalue weighted by atomic mass is 9.89. The van der Waals surface area contributed by atoms with Crippen LogP contribution in [-0.2, 0) is 20.1 Å². The number of pyridine rings is 1. The summed E-state index contributed by atoms with van der Waals surface area (Å²) < 4.78 is 22.4. The molecule has 1 aromatic carbocycles. The maximum Gasteiger partial charge on any atom is 0.159 e. The monoisotopic (exact) mass is 411 g/mol. The van der Waals surface area contributed by atoms with Crippen LogP contribution >= 0.6 is 0 Å². The Morgan fingerprint density at radius 2 is 2.03 bits per heavy atom. The molecule has 1 aliphatic rings. The van der Waals surface area contributed by atoms with Crippen molar-refractivity contribution in [3.8, 4) is 5.75 Å². The summed E-state index contributed by atoms with van der Waals surface area (Å²) in [5, 5.41) is 6.90. The molecule has 0 bridgehead atoms. The molecule has 2 heterocycles. The van der Waals surface area contributed by atoms with Gasteiger partial charge in [-0.15, -0.1) is 0 Å². The number of imidazole rings is 1. The Kier molecular flexibility index (Phi) is 6.59. The third-order valence-electron chi connectivity index (χ3n) is 5.80. The fourth-order valence-corrected chi connectivity index (χ4v) is 4.13. The molecule has 0 radical (unpaired) electrons. The Morgan fingerprint density at radius 1 is 1.17 bits per heavy atom. The van der Waals surface area contributed by atoms with Crippen molar-refractivity contribution in [1.82, 2.24) is 25.2 Å². The molecule has 3 atom stereocenters. The Labute approximate surface area is 176 Å². The second kappa shape index (κ2) is 9.53. The molecule has 2 N–H and O–H groups in total. The number of nitrogens with one attached hydrogen (secondary N) is 2. The number of hydrogen-bond donors (Lipinski definition) is 2. The minimum absolute atomic E-state index is 0.121. The van der Waals surface area contributed by atoms with Crippen LogP contribution in [0.2, 0.25) is 0 Å². The van der Waals surface area contributed by atoms with Gasteiger partial charge in [-0.3, -0.25) is 0 Å². The van der Waals surface area contributed by atoms with Crippen molar-refractivity contribution in [3.05, 3.63) is 54.0 Å². The zero-order valence-corrected chi connectivity index (χ0v) is 17.6. The van der Waals surface area contributed by atoms with E-state index in [9.17, 15) is 4.39 Å². The number of alkyl halides is 1. The zero-order valence-electron chi connectivity index (χ0n) is 17.6. The van der Waals surface area contributed by atoms with E-state index in [2.05, 4.69) is 20.6 Å². The summed E-state index contributed by atoms with van der Waals surface area (Å²) in [5.74, 6) is 0.872. The molecule has 160 valence electrons. The summed E-state index contributed by atoms with van der Waals surface area (Å²) in [4.78, 5) is 8.83. The second-order valence-electron chi connectivity index (χ2n) is 7.98. The van der Waals surface area contributed by atoms with Gasteiger partial charge in [0.2, 0.25) is 0 Å². The van der Waals surface area contributed by atoms with Crippen LogP contribution in [0.25, 0.3) is 11.2 Å². The van der Waals surface area contributed by atoms with Gasteiger partial charge in [0.05, 0.1) is 12.9 Å². The molecule has 4 rings (SSSR count). The number of aryl methyl sites for hydroxylation is 1. The van der Waals surface area contributed by atoms with E-state index in [1.807, 2.05) is 55.1 Å². The highest BCUT2D eigenvalue weighted by molar-refractivity contribution is 5.70. The van der Waals surface area contributed by atoms with Gasteiger partial charge in [-0.05, 0) is 43.9 Å². The van der Waals surface area contributed by atoms with Gasteiger partial charge in [-0.1, -0.05) is 18.2 Å². The first kappa shape index (κ1) is 20.8. The third-order valence-corrected chi connectivity index (χ3v) is 5.80. The van der Waals surface area contributed by atoms with Gasteiger partial charge in [-0.25, -0.2) is 14.4 Å². The van der Waals surface area contributed by atoms with Gasteiger partial charge >= 0.3 is 0 Å². The van der Waals surface area contributed by atoms with Crippen molar-refractivity contribution < 1.29 is 9.13 Å². The van der Waals surface area contributed by atoms with Crippen LogP contribution in [0.1, 0.15) is 37.3 Å². The lowest BCUT2D eigenvalue weighted by Crippen LogP contribution is -2.46. The van der Waals surface area contributed by atoms with E-state index in [0.29, 0.717) is 26.1 Å². The Hall–Kier alpha value is -2.51. The zero-order chi connectivity index (χ0) is 20.9. The molecule has 0 saturated heterocycles. The molecular weight excluding hydrogens is 381 g/mol. The minimum atomic E-state index is -0.869. The topological polar surface area (TPSA) is 64.0 Å². The van der Waals surface area contributed by atoms with E-state index in [1.165, 1.54) is 0 Å². The van der Waals surface area contributed by atoms with Crippen molar-refractivity contribution in [2.45, 2.75) is 57.5 Å². The molecule has 0 spiro atoms. The Balaban J connectivity index is 1.26. The van der Waals surface area contributed by atoms with Gasteiger partial charge in [-0.2, -0.15) is 0 Å². The first-order valence-corrected chi connectivity index (χ1v) is 10.7. The molecule has 1 aliphatic carbocycles. The average molecular weight is 412 g/mol. The molecule has 0 amide bonds. The fraction of sp³-hybridized carbons (Fsp3) is 0.478. The molecule has 2 aromatic heterocycles. The first-order chi connectivity index (χ1) is 14.6. The number of ether oxygens (including phenoxy) is 1. The number of para-hydroxylation sites is 1. The van der Waals surface area contributed by atoms with Gasteiger partial charge < -0.3 is 19.9 Å². The maximum absolute atomic E-state index is 14.8. The van der Waals surface area contributed by atoms with Crippen LogP contribution in [0.3, 0.4) is 0 Å². The van der Waals surface area contributed by atoms with Gasteiger partial charge in [0.25, 0.3) is 0 Å². The van der Waals surface area contributed by atoms with Crippen LogP contribution in [0.4, 0.5) is 4.39 Å². The number of nitrogens with zero attached hydrogens (tertiary/aromatic N) is 3. The number of hydrogen-bond acceptors (Lipinski definition) is 5. The molecule has 0 unspecified atom stereocenters. The van der Waals surface area contributed by atoms with E-state index >= 15 is 0 Å². The van der Waals surface area contributed by atoms with Crippen molar-refractivity contribution in [3.63, 3.8) is 0 Å². The number of benzene rings is 1. The summed E-state index contributed by atoms with van der Waals surface area (Å²) in [6, 6.07) is 10.0. The molecule has 1 fully saturated rings. The van der Waals surface area contributed by atoms with Gasteiger partial charge in [0.1, 0.15) is 17.4 Å². The summed E-state index contributed by atoms with van der Waals surface area (Å²) in [5.41, 5.74) is 3.91. The normalized spacial score (nSPS) is 21.8. The molecule has 1 saturated carbocycles. The van der Waals surface area contributed by atoms with Crippen LogP contribution in [-0.4, -0.2) is 39.4 Å². The summed E-state index contributed by atoms with van der Waals surface area (Å²) in [6.07, 6.45) is 5.05. The van der Waals surface area contributed by atoms with Crippen molar-refractivity contribution in [2.24, 2.45) is 7.05 Å². The average Bonchev–Trinajstić information content (AvgIpc) is 3.13. The van der Waals surface area contributed by atoms with Crippen molar-refractivity contribution >= 4 is 11.2 Å². The Morgan fingerprint density at radius 3 is 2.87 bits per heavy atom. The van der Waals surface area contributed by atoms with Crippen LogP contribution in [0.15, 0.2) is 42.9 Å². The maximum atomic E-state index is 14.8. The lowest BCUT2D eigenvalue weighted by Gasteiger charge is -2.33. The van der Waals surface area contributed by atoms with E-state index < -0.39 is 6.17 Å². The van der Waals surface area contributed by atoms with Gasteiger partial charge in [0.15, 0.2) is 5.65 Å². The number of fused-ring (bicyclic) bond motifs is 1. The highest BCUT2D eigenvalue weighted by Gasteiger charge is 2.30. The first-order valence-electron chi connectivity index (χ1n) is 10.7. The summed E-state index contributed by atoms with van der Waals surface area (Å²) >= 11 is 0. The number of rotatable bonds is 8. The highest BCUT2D eigenvalue weighted by atomic mass is 19.1. The molecule has 7 heteroatoms. The van der Waals surface area contributed by atoms with Gasteiger partial charge in [0, 0.05) is 44.0 Å². The van der Waals surface area contributed by atoms with Crippen molar-refractivity contribution in [2.75, 3.05) is 6.61 Å². The summed E-state index contributed by atoms with van der Waals surface area (Å²) in [6.45, 7) is 3.90. The molecule has 6 nitrogen and oxygen atoms in total. The molecule has 0 aliphatic heterocycles. The predicted molar refractivity (Wildman–Crippen MR) is 116 cm³/mol. The van der Waals surface area contributed by atoms with E-state index in [1.54, 1.807) is 6.33 Å². The SMILES string of the molecule is CCOc1ccccc1CN[C@H]1CC[C@H](NCc2cnc3c(c2)ncn3C)C[C@H]1F. The lowest BCUT2D eigenvalue weighted by molar-refractivity contribution is 0.160. The Bertz CT molecular complexity index is 975. The summed E-state index contributed by atoms with van der Waals surface area (Å²) in [7, 11) is 1.93. The molecular formula is C23H30FN5O. The number of halogens is 1. The predicted octanol–water partition coefficient (Wildman–Crippen LogP) is 3.51. The minimum Gasteiger partial charge on any atom is -0.494 e. The van der Waals surface area contributed by atoms with Crippen molar-refractivity contribution in [1.29, 1.82) is 0 Å². The van der Waals surface area contributed by atoms with E-state index in [4.69, 9.17) is 4.74 Å². The van der Waals surface area contributed by atoms with E-state index in [-0.39, 0.29) is 12.1 Å². The number of aromatic nitrogens is 3. The smallest absolute Gasteiger partial charge is 0.159 e. The highest BCUT2D eigenvalue weighted by Crippen LogP contribution is 2.24. The largest absolute Gasteiger partial charge is 0.494 e. The molecule has 30 heavy (non-hydrogen) atoms. The standard InChI is InChI=1S/C23H30FN5O/c1-3-30-22-7-5-4-6-17(22)14-26-20-9-8-18(11-19(20)24)25-12-16-10-21-23(27-13-16)29(2)15-28-21/h4-7,10,13,15,18-20,25-26H,3,8-9,11-12,14H2,1-2H3/t18-,19+,20-/m0/s1. The van der Waals surface area contributed by atoms with E-state index in [0.717, 1.165) is 40.9 Å². The van der Waals surface area contributed by atoms with Crippen LogP contribution < -0.4 is 15.4 Å². The third kappa shape index (κ3) is 4.79. The quantitative estimate of drug-likeness (QED) is 0.594. The van der Waals surface area contributed by atoms with Crippen LogP contribution in [0, 0.1) is 0 Å². The fourth-order valence-electron chi connectivity index (χ4n) is 4.13. The van der Waals surface area contributed by atoms with Crippen LogP contribution in [0.5, 0.6) is 5.75 Å². The second-order valence-corrected chi connectivity index (χ2v) is 7.98. The molecule has 3 aromatic rings.